The molecular weight excluding hydrogens is 244 g/mol. The van der Waals surface area contributed by atoms with Gasteiger partial charge >= 0.3 is 5.97 Å². The van der Waals surface area contributed by atoms with Crippen LogP contribution in [0.3, 0.4) is 0 Å². The monoisotopic (exact) mass is 264 g/mol. The molecule has 4 heteroatoms. The molecule has 0 spiro atoms. The Morgan fingerprint density at radius 2 is 2.32 bits per heavy atom. The summed E-state index contributed by atoms with van der Waals surface area (Å²) in [4.78, 5) is 10.7. The van der Waals surface area contributed by atoms with Crippen molar-refractivity contribution in [2.24, 2.45) is 0 Å². The largest absolute Gasteiger partial charge is 0.491 e. The van der Waals surface area contributed by atoms with E-state index in [1.54, 1.807) is 12.1 Å². The second-order valence-corrected chi connectivity index (χ2v) is 5.57. The molecular formula is C15H20O4. The molecule has 1 heterocycles. The molecule has 1 aromatic carbocycles. The molecule has 1 aliphatic heterocycles. The Balaban J connectivity index is 1.88. The van der Waals surface area contributed by atoms with Gasteiger partial charge in [0.05, 0.1) is 18.1 Å². The minimum Gasteiger partial charge on any atom is -0.491 e. The summed E-state index contributed by atoms with van der Waals surface area (Å²) < 4.78 is 11.5. The number of hydrogen-bond acceptors (Lipinski definition) is 3. The Bertz CT molecular complexity index is 453. The van der Waals surface area contributed by atoms with Gasteiger partial charge in [0.25, 0.3) is 0 Å². The lowest BCUT2D eigenvalue weighted by atomic mass is 10.1. The fraction of sp³-hybridized carbons (Fsp3) is 0.533. The summed E-state index contributed by atoms with van der Waals surface area (Å²) in [6, 6.07) is 7.21. The topological polar surface area (TPSA) is 55.8 Å². The minimum atomic E-state index is -0.835. The molecule has 1 N–H and O–H groups in total. The van der Waals surface area contributed by atoms with Crippen LogP contribution in [0, 0.1) is 0 Å². The van der Waals surface area contributed by atoms with Gasteiger partial charge in [-0.25, -0.2) is 0 Å². The molecule has 4 nitrogen and oxygen atoms in total. The first-order valence-corrected chi connectivity index (χ1v) is 6.56. The maximum Gasteiger partial charge on any atom is 0.307 e. The third-order valence-electron chi connectivity index (χ3n) is 3.24. The molecule has 1 aliphatic rings. The lowest BCUT2D eigenvalue weighted by molar-refractivity contribution is -0.136. The summed E-state index contributed by atoms with van der Waals surface area (Å²) in [5.41, 5.74) is 0.691. The summed E-state index contributed by atoms with van der Waals surface area (Å²) in [6.07, 6.45) is 2.18. The highest BCUT2D eigenvalue weighted by molar-refractivity contribution is 5.70. The molecule has 0 aromatic heterocycles. The fourth-order valence-electron chi connectivity index (χ4n) is 2.30. The summed E-state index contributed by atoms with van der Waals surface area (Å²) in [7, 11) is 0. The fourth-order valence-corrected chi connectivity index (χ4v) is 2.30. The zero-order valence-corrected chi connectivity index (χ0v) is 11.4. The van der Waals surface area contributed by atoms with E-state index in [1.165, 1.54) is 0 Å². The normalized spacial score (nSPS) is 21.3. The third kappa shape index (κ3) is 4.24. The van der Waals surface area contributed by atoms with Crippen LogP contribution in [-0.4, -0.2) is 29.4 Å². The summed E-state index contributed by atoms with van der Waals surface area (Å²) >= 11 is 0. The van der Waals surface area contributed by atoms with E-state index in [2.05, 4.69) is 13.8 Å². The number of carboxylic acids is 1. The highest BCUT2D eigenvalue weighted by Crippen LogP contribution is 2.29. The van der Waals surface area contributed by atoms with E-state index in [0.717, 1.165) is 18.4 Å². The van der Waals surface area contributed by atoms with Gasteiger partial charge in [-0.2, -0.15) is 0 Å². The zero-order valence-electron chi connectivity index (χ0n) is 11.4. The maximum absolute atomic E-state index is 10.7. The number of ether oxygens (including phenoxy) is 2. The van der Waals surface area contributed by atoms with E-state index in [0.29, 0.717) is 12.4 Å². The number of carboxylic acid groups (broad SMARTS) is 1. The number of benzene rings is 1. The van der Waals surface area contributed by atoms with E-state index in [-0.39, 0.29) is 18.1 Å². The number of rotatable bonds is 5. The molecule has 0 amide bonds. The van der Waals surface area contributed by atoms with Gasteiger partial charge in [-0.3, -0.25) is 4.79 Å². The number of carbonyl (C=O) groups is 1. The smallest absolute Gasteiger partial charge is 0.307 e. The van der Waals surface area contributed by atoms with E-state index >= 15 is 0 Å². The van der Waals surface area contributed by atoms with Gasteiger partial charge in [-0.1, -0.05) is 12.1 Å². The predicted octanol–water partition coefficient (Wildman–Crippen LogP) is 2.65. The first-order valence-electron chi connectivity index (χ1n) is 6.56. The Morgan fingerprint density at radius 3 is 2.95 bits per heavy atom. The van der Waals surface area contributed by atoms with Crippen LogP contribution in [0.5, 0.6) is 5.75 Å². The van der Waals surface area contributed by atoms with Crippen molar-refractivity contribution >= 4 is 5.97 Å². The zero-order chi connectivity index (χ0) is 13.9. The lowest BCUT2D eigenvalue weighted by Crippen LogP contribution is -2.23. The molecule has 0 radical (unpaired) electrons. The Morgan fingerprint density at radius 1 is 1.53 bits per heavy atom. The first kappa shape index (κ1) is 13.9. The van der Waals surface area contributed by atoms with E-state index in [9.17, 15) is 4.79 Å². The molecule has 0 saturated carbocycles. The van der Waals surface area contributed by atoms with Gasteiger partial charge in [-0.15, -0.1) is 0 Å². The van der Waals surface area contributed by atoms with Crippen molar-refractivity contribution in [1.29, 1.82) is 0 Å². The van der Waals surface area contributed by atoms with Crippen molar-refractivity contribution in [3.63, 3.8) is 0 Å². The minimum absolute atomic E-state index is 0.0180. The summed E-state index contributed by atoms with van der Waals surface area (Å²) in [5, 5.41) is 8.76. The summed E-state index contributed by atoms with van der Waals surface area (Å²) in [5.74, 6) is -0.134. The molecule has 104 valence electrons. The van der Waals surface area contributed by atoms with Crippen molar-refractivity contribution in [2.75, 3.05) is 6.61 Å². The van der Waals surface area contributed by atoms with Gasteiger partial charge in [0, 0.05) is 0 Å². The van der Waals surface area contributed by atoms with Crippen molar-refractivity contribution in [3.8, 4) is 5.75 Å². The van der Waals surface area contributed by atoms with Gasteiger partial charge in [0.1, 0.15) is 12.4 Å². The molecule has 1 saturated heterocycles. The van der Waals surface area contributed by atoms with Crippen molar-refractivity contribution in [1.82, 2.24) is 0 Å². The van der Waals surface area contributed by atoms with Gasteiger partial charge in [0.15, 0.2) is 0 Å². The summed E-state index contributed by atoms with van der Waals surface area (Å²) in [6.45, 7) is 4.68. The molecule has 1 aromatic rings. The van der Waals surface area contributed by atoms with Crippen LogP contribution in [0.25, 0.3) is 0 Å². The van der Waals surface area contributed by atoms with Crippen LogP contribution in [0.1, 0.15) is 32.3 Å². The van der Waals surface area contributed by atoms with Crippen molar-refractivity contribution in [3.05, 3.63) is 29.8 Å². The van der Waals surface area contributed by atoms with Crippen LogP contribution in [0.15, 0.2) is 24.3 Å². The highest BCUT2D eigenvalue weighted by atomic mass is 16.6. The third-order valence-corrected chi connectivity index (χ3v) is 3.24. The van der Waals surface area contributed by atoms with Gasteiger partial charge in [-0.05, 0) is 44.4 Å². The molecule has 0 bridgehead atoms. The highest BCUT2D eigenvalue weighted by Gasteiger charge is 2.31. The van der Waals surface area contributed by atoms with Crippen LogP contribution in [0.2, 0.25) is 0 Å². The average molecular weight is 264 g/mol. The average Bonchev–Trinajstić information content (AvgIpc) is 2.66. The molecule has 1 atom stereocenters. The molecule has 1 fully saturated rings. The molecule has 2 rings (SSSR count). The number of aliphatic carboxylic acids is 1. The second-order valence-electron chi connectivity index (χ2n) is 5.57. The first-order chi connectivity index (χ1) is 8.94. The Kier molecular flexibility index (Phi) is 4.10. The molecule has 0 aliphatic carbocycles. The van der Waals surface area contributed by atoms with Crippen LogP contribution in [0.4, 0.5) is 0 Å². The lowest BCUT2D eigenvalue weighted by Gasteiger charge is -2.19. The van der Waals surface area contributed by atoms with Crippen LogP contribution in [-0.2, 0) is 16.0 Å². The quantitative estimate of drug-likeness (QED) is 0.888. The van der Waals surface area contributed by atoms with Crippen LogP contribution >= 0.6 is 0 Å². The van der Waals surface area contributed by atoms with Gasteiger partial charge in [0.2, 0.25) is 0 Å². The van der Waals surface area contributed by atoms with Crippen LogP contribution < -0.4 is 4.74 Å². The predicted molar refractivity (Wildman–Crippen MR) is 71.5 cm³/mol. The SMILES string of the molecule is CC1(C)CCC(COc2cccc(CC(=O)O)c2)O1. The van der Waals surface area contributed by atoms with Gasteiger partial charge < -0.3 is 14.6 Å². The maximum atomic E-state index is 10.7. The van der Waals surface area contributed by atoms with Crippen molar-refractivity contribution in [2.45, 2.75) is 44.8 Å². The van der Waals surface area contributed by atoms with E-state index in [1.807, 2.05) is 12.1 Å². The Hall–Kier alpha value is -1.55. The van der Waals surface area contributed by atoms with E-state index in [4.69, 9.17) is 14.6 Å². The van der Waals surface area contributed by atoms with Crippen molar-refractivity contribution < 1.29 is 19.4 Å². The standard InChI is InChI=1S/C15H20O4/c1-15(2)7-6-13(19-15)10-18-12-5-3-4-11(8-12)9-14(16)17/h3-5,8,13H,6-7,9-10H2,1-2H3,(H,16,17). The van der Waals surface area contributed by atoms with E-state index < -0.39 is 5.97 Å². The molecule has 19 heavy (non-hydrogen) atoms. The second kappa shape index (κ2) is 5.61. The molecule has 1 unspecified atom stereocenters. The Labute approximate surface area is 113 Å². The number of hydrogen-bond donors (Lipinski definition) is 1.